The zero-order chi connectivity index (χ0) is 15.7. The smallest absolute Gasteiger partial charge is 0.306 e. The highest BCUT2D eigenvalue weighted by molar-refractivity contribution is 5.53. The van der Waals surface area contributed by atoms with Crippen molar-refractivity contribution >= 4 is 11.4 Å². The Kier molecular flexibility index (Phi) is 3.93. The highest BCUT2D eigenvalue weighted by Crippen LogP contribution is 2.27. The number of halogens is 1. The van der Waals surface area contributed by atoms with Gasteiger partial charge in [-0.25, -0.2) is 0 Å². The molecule has 0 saturated heterocycles. The summed E-state index contributed by atoms with van der Waals surface area (Å²) in [4.78, 5) is 10.0. The predicted octanol–water partition coefficient (Wildman–Crippen LogP) is 3.26. The van der Waals surface area contributed by atoms with Gasteiger partial charge in [0.15, 0.2) is 0 Å². The van der Waals surface area contributed by atoms with Crippen LogP contribution < -0.4 is 5.32 Å². The Morgan fingerprint density at radius 2 is 2.10 bits per heavy atom. The van der Waals surface area contributed by atoms with Crippen LogP contribution in [0.25, 0.3) is 0 Å². The molecule has 0 aliphatic carbocycles. The monoisotopic (exact) mass is 292 g/mol. The van der Waals surface area contributed by atoms with Crippen LogP contribution in [-0.4, -0.2) is 14.7 Å². The normalized spacial score (nSPS) is 12.2. The quantitative estimate of drug-likeness (QED) is 0.693. The van der Waals surface area contributed by atoms with Gasteiger partial charge in [0.25, 0.3) is 0 Å². The summed E-state index contributed by atoms with van der Waals surface area (Å²) in [5.74, 6) is -0.841. The molecule has 2 rings (SSSR count). The lowest BCUT2D eigenvalue weighted by Crippen LogP contribution is -2.09. The molecule has 1 unspecified atom stereocenters. The topological polar surface area (TPSA) is 73.0 Å². The van der Waals surface area contributed by atoms with Crippen LogP contribution in [0.3, 0.4) is 0 Å². The summed E-state index contributed by atoms with van der Waals surface area (Å²) >= 11 is 0. The maximum atomic E-state index is 13.3. The van der Waals surface area contributed by atoms with Crippen molar-refractivity contribution in [2.45, 2.75) is 26.8 Å². The van der Waals surface area contributed by atoms with Crippen LogP contribution in [0.1, 0.15) is 29.9 Å². The van der Waals surface area contributed by atoms with E-state index in [1.807, 2.05) is 27.8 Å². The number of nitrogens with one attached hydrogen (secondary N) is 1. The fraction of sp³-hybridized carbons (Fsp3) is 0.357. The van der Waals surface area contributed by atoms with Crippen LogP contribution in [-0.2, 0) is 7.05 Å². The van der Waals surface area contributed by atoms with Gasteiger partial charge < -0.3 is 5.32 Å². The molecular formula is C14H17FN4O2. The molecule has 0 fully saturated rings. The Morgan fingerprint density at radius 1 is 1.43 bits per heavy atom. The second-order valence-electron chi connectivity index (χ2n) is 5.00. The molecule has 0 bridgehead atoms. The van der Waals surface area contributed by atoms with Crippen LogP contribution in [0.4, 0.5) is 15.8 Å². The number of benzene rings is 1. The molecule has 7 heteroatoms. The molecule has 1 atom stereocenters. The molecule has 1 aromatic heterocycles. The average molecular weight is 292 g/mol. The van der Waals surface area contributed by atoms with Crippen molar-refractivity contribution in [2.24, 2.45) is 7.05 Å². The first-order valence-electron chi connectivity index (χ1n) is 6.51. The number of anilines is 1. The molecule has 0 aliphatic rings. The van der Waals surface area contributed by atoms with Crippen molar-refractivity contribution in [3.8, 4) is 0 Å². The number of nitrogens with zero attached hydrogens (tertiary/aromatic N) is 3. The molecule has 0 saturated carbocycles. The number of rotatable bonds is 4. The van der Waals surface area contributed by atoms with E-state index in [9.17, 15) is 14.5 Å². The number of nitro benzene ring substituents is 1. The predicted molar refractivity (Wildman–Crippen MR) is 77.8 cm³/mol. The van der Waals surface area contributed by atoms with E-state index >= 15 is 0 Å². The maximum Gasteiger partial charge on any atom is 0.306 e. The van der Waals surface area contributed by atoms with Gasteiger partial charge in [-0.15, -0.1) is 0 Å². The van der Waals surface area contributed by atoms with Crippen LogP contribution in [0.2, 0.25) is 0 Å². The van der Waals surface area contributed by atoms with Crippen LogP contribution >= 0.6 is 0 Å². The summed E-state index contributed by atoms with van der Waals surface area (Å²) in [6, 6.07) is 3.69. The van der Waals surface area contributed by atoms with E-state index in [1.165, 1.54) is 12.1 Å². The van der Waals surface area contributed by atoms with Gasteiger partial charge in [0.05, 0.1) is 16.7 Å². The third-order valence-corrected chi connectivity index (χ3v) is 3.52. The summed E-state index contributed by atoms with van der Waals surface area (Å²) in [5.41, 5.74) is 2.91. The van der Waals surface area contributed by atoms with Crippen molar-refractivity contribution in [1.82, 2.24) is 9.78 Å². The largest absolute Gasteiger partial charge is 0.378 e. The molecule has 112 valence electrons. The molecule has 0 amide bonds. The van der Waals surface area contributed by atoms with E-state index in [4.69, 9.17) is 0 Å². The number of hydrogen-bond donors (Lipinski definition) is 1. The number of aryl methyl sites for hydroxylation is 2. The summed E-state index contributed by atoms with van der Waals surface area (Å²) in [5, 5.41) is 18.3. The van der Waals surface area contributed by atoms with E-state index in [0.717, 1.165) is 23.0 Å². The van der Waals surface area contributed by atoms with Crippen molar-refractivity contribution < 1.29 is 9.31 Å². The van der Waals surface area contributed by atoms with Gasteiger partial charge in [0.1, 0.15) is 0 Å². The summed E-state index contributed by atoms with van der Waals surface area (Å²) in [6.07, 6.45) is 0. The number of aromatic nitrogens is 2. The van der Waals surface area contributed by atoms with Gasteiger partial charge in [-0.05, 0) is 32.9 Å². The van der Waals surface area contributed by atoms with Crippen molar-refractivity contribution in [2.75, 3.05) is 5.32 Å². The summed E-state index contributed by atoms with van der Waals surface area (Å²) in [6.45, 7) is 5.81. The molecule has 21 heavy (non-hydrogen) atoms. The summed E-state index contributed by atoms with van der Waals surface area (Å²) in [7, 11) is 1.86. The Bertz CT molecular complexity index is 697. The second kappa shape index (κ2) is 5.51. The minimum Gasteiger partial charge on any atom is -0.378 e. The highest BCUT2D eigenvalue weighted by Gasteiger charge is 2.18. The maximum absolute atomic E-state index is 13.3. The Labute approximate surface area is 121 Å². The third kappa shape index (κ3) is 2.86. The van der Waals surface area contributed by atoms with Crippen LogP contribution in [0, 0.1) is 29.8 Å². The lowest BCUT2D eigenvalue weighted by atomic mass is 10.1. The van der Waals surface area contributed by atoms with Gasteiger partial charge >= 0.3 is 5.69 Å². The second-order valence-corrected chi connectivity index (χ2v) is 5.00. The minimum absolute atomic E-state index is 0.0937. The molecule has 1 heterocycles. The molecule has 1 aromatic carbocycles. The lowest BCUT2D eigenvalue weighted by Gasteiger charge is -2.16. The fourth-order valence-corrected chi connectivity index (χ4v) is 2.48. The van der Waals surface area contributed by atoms with Gasteiger partial charge in [-0.2, -0.15) is 9.49 Å². The van der Waals surface area contributed by atoms with Crippen molar-refractivity contribution in [3.05, 3.63) is 51.1 Å². The van der Waals surface area contributed by atoms with Gasteiger partial charge in [0.2, 0.25) is 5.82 Å². The highest BCUT2D eigenvalue weighted by atomic mass is 19.1. The van der Waals surface area contributed by atoms with Gasteiger partial charge in [-0.3, -0.25) is 14.8 Å². The molecule has 2 aromatic rings. The Balaban J connectivity index is 2.29. The molecule has 1 N–H and O–H groups in total. The Morgan fingerprint density at radius 3 is 2.62 bits per heavy atom. The Hall–Kier alpha value is -2.44. The average Bonchev–Trinajstić information content (AvgIpc) is 2.65. The van der Waals surface area contributed by atoms with E-state index in [0.29, 0.717) is 5.69 Å². The van der Waals surface area contributed by atoms with Crippen LogP contribution in [0.5, 0.6) is 0 Å². The van der Waals surface area contributed by atoms with Crippen molar-refractivity contribution in [3.63, 3.8) is 0 Å². The van der Waals surface area contributed by atoms with Crippen LogP contribution in [0.15, 0.2) is 18.2 Å². The van der Waals surface area contributed by atoms with E-state index in [1.54, 1.807) is 4.68 Å². The van der Waals surface area contributed by atoms with Crippen molar-refractivity contribution in [1.29, 1.82) is 0 Å². The summed E-state index contributed by atoms with van der Waals surface area (Å²) < 4.78 is 15.1. The minimum atomic E-state index is -0.841. The number of nitro groups is 1. The lowest BCUT2D eigenvalue weighted by molar-refractivity contribution is -0.387. The first-order valence-corrected chi connectivity index (χ1v) is 6.51. The molecular weight excluding hydrogens is 275 g/mol. The van der Waals surface area contributed by atoms with Gasteiger partial charge in [0, 0.05) is 30.1 Å². The van der Waals surface area contributed by atoms with Gasteiger partial charge in [-0.1, -0.05) is 0 Å². The first-order chi connectivity index (χ1) is 9.81. The molecule has 0 radical (unpaired) electrons. The molecule has 6 nitrogen and oxygen atoms in total. The standard InChI is InChI=1S/C14H17FN4O2/c1-8(14-9(2)17-18(4)10(14)3)16-11-5-6-12(15)13(7-11)19(20)21/h5-8,16H,1-4H3. The SMILES string of the molecule is Cc1nn(C)c(C)c1C(C)Nc1ccc(F)c([N+](=O)[O-])c1. The third-order valence-electron chi connectivity index (χ3n) is 3.52. The van der Waals surface area contributed by atoms with E-state index < -0.39 is 16.4 Å². The number of hydrogen-bond acceptors (Lipinski definition) is 4. The zero-order valence-corrected chi connectivity index (χ0v) is 12.3. The first kappa shape index (κ1) is 15.0. The van der Waals surface area contributed by atoms with E-state index in [-0.39, 0.29) is 6.04 Å². The van der Waals surface area contributed by atoms with E-state index in [2.05, 4.69) is 10.4 Å². The molecule has 0 spiro atoms. The zero-order valence-electron chi connectivity index (χ0n) is 12.3. The fourth-order valence-electron chi connectivity index (χ4n) is 2.48. The molecule has 0 aliphatic heterocycles.